The Balaban J connectivity index is 0.000000479. The van der Waals surface area contributed by atoms with E-state index in [1.54, 1.807) is 24.3 Å². The highest BCUT2D eigenvalue weighted by atomic mass is 32.2. The summed E-state index contributed by atoms with van der Waals surface area (Å²) in [7, 11) is -7.22. The van der Waals surface area contributed by atoms with Gasteiger partial charge in [0, 0.05) is 0 Å². The molecule has 0 bridgehead atoms. The second kappa shape index (κ2) is 10.5. The van der Waals surface area contributed by atoms with Crippen LogP contribution in [0.3, 0.4) is 0 Å². The smallest absolute Gasteiger partial charge is 0.475 e. The minimum Gasteiger partial charge on any atom is -0.475 e. The molecular weight excluding hydrogens is 541 g/mol. The molecule has 1 saturated heterocycles. The normalized spacial score (nSPS) is 18.1. The van der Waals surface area contributed by atoms with Crippen LogP contribution in [0.2, 0.25) is 0 Å². The lowest BCUT2D eigenvalue weighted by Crippen LogP contribution is -2.29. The number of benzene rings is 2. The monoisotopic (exact) mass is 562 g/mol. The molecule has 11 nitrogen and oxygen atoms in total. The van der Waals surface area contributed by atoms with Crippen molar-refractivity contribution in [2.75, 3.05) is 6.26 Å². The lowest BCUT2D eigenvalue weighted by Gasteiger charge is -2.16. The fourth-order valence-electron chi connectivity index (χ4n) is 3.54. The van der Waals surface area contributed by atoms with Crippen LogP contribution in [-0.4, -0.2) is 56.2 Å². The van der Waals surface area contributed by atoms with E-state index in [0.717, 1.165) is 22.9 Å². The molecule has 0 radical (unpaired) electrons. The topological polar surface area (TPSA) is 175 Å². The number of halogens is 3. The third kappa shape index (κ3) is 7.50. The Morgan fingerprint density at radius 2 is 1.78 bits per heavy atom. The highest BCUT2D eigenvalue weighted by molar-refractivity contribution is 7.90. The number of fused-ring (bicyclic) bond motifs is 1. The molecule has 0 aliphatic carbocycles. The second-order valence-corrected chi connectivity index (χ2v) is 11.7. The van der Waals surface area contributed by atoms with Crippen molar-refractivity contribution in [1.29, 1.82) is 0 Å². The first kappa shape index (κ1) is 28.1. The van der Waals surface area contributed by atoms with Crippen molar-refractivity contribution in [1.82, 2.24) is 19.4 Å². The molecule has 1 aliphatic heterocycles. The molecule has 0 unspecified atom stereocenters. The van der Waals surface area contributed by atoms with Crippen molar-refractivity contribution < 1.29 is 44.7 Å². The number of imidazole rings is 1. The van der Waals surface area contributed by atoms with Gasteiger partial charge in [-0.1, -0.05) is 36.4 Å². The van der Waals surface area contributed by atoms with Crippen molar-refractivity contribution in [3.63, 3.8) is 0 Å². The lowest BCUT2D eigenvalue weighted by molar-refractivity contribution is -0.192. The van der Waals surface area contributed by atoms with Crippen molar-refractivity contribution in [3.05, 3.63) is 65.5 Å². The first-order valence-electron chi connectivity index (χ1n) is 10.4. The van der Waals surface area contributed by atoms with Gasteiger partial charge in [-0.2, -0.15) is 13.2 Å². The Labute approximate surface area is 209 Å². The number of sulfonamides is 2. The highest BCUT2D eigenvalue weighted by Crippen LogP contribution is 2.30. The van der Waals surface area contributed by atoms with E-state index < -0.39 is 49.4 Å². The number of amides is 1. The van der Waals surface area contributed by atoms with Crippen LogP contribution in [0.25, 0.3) is 11.0 Å². The highest BCUT2D eigenvalue weighted by Gasteiger charge is 2.38. The van der Waals surface area contributed by atoms with E-state index in [4.69, 9.17) is 9.90 Å². The largest absolute Gasteiger partial charge is 0.490 e. The fraction of sp³-hybridized carbons (Fsp3) is 0.286. The Morgan fingerprint density at radius 1 is 1.19 bits per heavy atom. The molecular formula is C21H21F3N4O7S2. The van der Waals surface area contributed by atoms with E-state index in [2.05, 4.69) is 14.7 Å². The van der Waals surface area contributed by atoms with Gasteiger partial charge in [0.25, 0.3) is 0 Å². The molecule has 16 heteroatoms. The van der Waals surface area contributed by atoms with Crippen LogP contribution in [-0.2, 0) is 36.1 Å². The van der Waals surface area contributed by atoms with Gasteiger partial charge in [-0.3, -0.25) is 9.52 Å². The van der Waals surface area contributed by atoms with E-state index in [1.165, 1.54) is 0 Å². The predicted octanol–water partition coefficient (Wildman–Crippen LogP) is 1.92. The molecule has 1 amide bonds. The predicted molar refractivity (Wildman–Crippen MR) is 125 cm³/mol. The van der Waals surface area contributed by atoms with Crippen LogP contribution < -0.4 is 9.44 Å². The Morgan fingerprint density at radius 3 is 2.27 bits per heavy atom. The van der Waals surface area contributed by atoms with Gasteiger partial charge in [-0.05, 0) is 29.7 Å². The number of hydrogen-bond acceptors (Lipinski definition) is 7. The molecule has 37 heavy (non-hydrogen) atoms. The molecule has 1 aromatic heterocycles. The number of para-hydroxylation sites is 2. The molecule has 1 aliphatic rings. The van der Waals surface area contributed by atoms with Gasteiger partial charge in [-0.15, -0.1) is 0 Å². The van der Waals surface area contributed by atoms with Crippen molar-refractivity contribution in [3.8, 4) is 0 Å². The summed E-state index contributed by atoms with van der Waals surface area (Å²) in [6.07, 6.45) is -3.80. The second-order valence-electron chi connectivity index (χ2n) is 8.09. The molecule has 2 aromatic carbocycles. The maximum atomic E-state index is 12.0. The number of aromatic nitrogens is 2. The van der Waals surface area contributed by atoms with Crippen molar-refractivity contribution >= 4 is 43.0 Å². The molecule has 0 saturated carbocycles. The van der Waals surface area contributed by atoms with E-state index in [9.17, 15) is 34.8 Å². The number of carboxylic acids is 1. The first-order valence-corrected chi connectivity index (χ1v) is 13.8. The third-order valence-corrected chi connectivity index (χ3v) is 7.54. The van der Waals surface area contributed by atoms with Gasteiger partial charge in [-0.25, -0.2) is 31.3 Å². The van der Waals surface area contributed by atoms with Crippen LogP contribution in [0.1, 0.15) is 34.7 Å². The van der Waals surface area contributed by atoms with Crippen LogP contribution in [0.4, 0.5) is 13.2 Å². The molecule has 4 rings (SSSR count). The zero-order chi connectivity index (χ0) is 27.6. The van der Waals surface area contributed by atoms with Crippen LogP contribution in [0, 0.1) is 0 Å². The number of carboxylic acid groups (broad SMARTS) is 1. The minimum atomic E-state index is -5.08. The number of rotatable bonds is 6. The summed E-state index contributed by atoms with van der Waals surface area (Å²) in [5.74, 6) is -2.79. The number of hydrogen-bond donors (Lipinski definition) is 4. The number of aromatic amines is 1. The molecule has 0 spiro atoms. The quantitative estimate of drug-likeness (QED) is 0.352. The average molecular weight is 563 g/mol. The Bertz CT molecular complexity index is 1490. The molecule has 3 aromatic rings. The number of alkyl halides is 3. The van der Waals surface area contributed by atoms with Crippen LogP contribution >= 0.6 is 0 Å². The minimum absolute atomic E-state index is 0.112. The maximum Gasteiger partial charge on any atom is 0.490 e. The number of H-pyrrole nitrogens is 1. The summed E-state index contributed by atoms with van der Waals surface area (Å²) in [5, 5.41) is 6.21. The summed E-state index contributed by atoms with van der Waals surface area (Å²) in [6.45, 7) is 0. The average Bonchev–Trinajstić information content (AvgIpc) is 3.32. The van der Waals surface area contributed by atoms with Crippen molar-refractivity contribution in [2.24, 2.45) is 0 Å². The summed E-state index contributed by atoms with van der Waals surface area (Å²) in [4.78, 5) is 28.0. The zero-order valence-corrected chi connectivity index (χ0v) is 20.6. The van der Waals surface area contributed by atoms with E-state index in [0.29, 0.717) is 17.8 Å². The van der Waals surface area contributed by atoms with E-state index in [1.807, 2.05) is 29.0 Å². The standard InChI is InChI=1S/C19H20N4O5S2.C2HF3O2/c1-29(25,26)22-16(19-20-14-4-2-3-5-15(14)21-19)10-12-6-8-13(9-7-12)17-11-18(24)23-30(17,27)28;3-2(4,5)1(6)7/h2-9,16-17,22H,10-11H2,1H3,(H,20,21)(H,23,24);(H,6,7)/t16-,17-;/m0./s1. The van der Waals surface area contributed by atoms with E-state index in [-0.39, 0.29) is 6.42 Å². The number of carbonyl (C=O) groups excluding carboxylic acids is 1. The van der Waals surface area contributed by atoms with Gasteiger partial charge in [0.1, 0.15) is 11.1 Å². The number of nitrogens with one attached hydrogen (secondary N) is 3. The summed E-state index contributed by atoms with van der Waals surface area (Å²) < 4.78 is 84.2. The molecule has 2 atom stereocenters. The van der Waals surface area contributed by atoms with Gasteiger partial charge >= 0.3 is 12.1 Å². The lowest BCUT2D eigenvalue weighted by atomic mass is 10.0. The van der Waals surface area contributed by atoms with Gasteiger partial charge < -0.3 is 10.1 Å². The molecule has 1 fully saturated rings. The molecule has 2 heterocycles. The Kier molecular flexibility index (Phi) is 7.94. The Hall–Kier alpha value is -3.50. The third-order valence-electron chi connectivity index (χ3n) is 5.13. The first-order chi connectivity index (χ1) is 17.0. The maximum absolute atomic E-state index is 12.0. The molecule has 4 N–H and O–H groups in total. The van der Waals surface area contributed by atoms with Crippen LogP contribution in [0.15, 0.2) is 48.5 Å². The van der Waals surface area contributed by atoms with Gasteiger partial charge in [0.05, 0.1) is 29.8 Å². The summed E-state index contributed by atoms with van der Waals surface area (Å²) in [5.41, 5.74) is 2.82. The number of aliphatic carboxylic acids is 1. The van der Waals surface area contributed by atoms with Gasteiger partial charge in [0.15, 0.2) is 0 Å². The summed E-state index contributed by atoms with van der Waals surface area (Å²) in [6, 6.07) is 13.5. The zero-order valence-electron chi connectivity index (χ0n) is 19.0. The van der Waals surface area contributed by atoms with Crippen LogP contribution in [0.5, 0.6) is 0 Å². The SMILES string of the molecule is CS(=O)(=O)N[C@@H](Cc1ccc([C@@H]2CC(=O)NS2(=O)=O)cc1)c1nc2ccccc2[nH]1.O=C(O)C(F)(F)F. The van der Waals surface area contributed by atoms with Crippen molar-refractivity contribution in [2.45, 2.75) is 30.3 Å². The number of carbonyl (C=O) groups is 2. The van der Waals surface area contributed by atoms with E-state index >= 15 is 0 Å². The summed E-state index contributed by atoms with van der Waals surface area (Å²) >= 11 is 0. The fourth-order valence-corrected chi connectivity index (χ4v) is 5.68. The van der Waals surface area contributed by atoms with Gasteiger partial charge in [0.2, 0.25) is 26.0 Å². The number of nitrogens with zero attached hydrogens (tertiary/aromatic N) is 1. The molecule has 200 valence electrons.